The summed E-state index contributed by atoms with van der Waals surface area (Å²) in [5.41, 5.74) is 2.41. The van der Waals surface area contributed by atoms with E-state index in [0.29, 0.717) is 29.6 Å². The van der Waals surface area contributed by atoms with Gasteiger partial charge >= 0.3 is 6.01 Å². The highest BCUT2D eigenvalue weighted by molar-refractivity contribution is 7.99. The number of hydrogen-bond acceptors (Lipinski definition) is 7. The first-order chi connectivity index (χ1) is 8.15. The van der Waals surface area contributed by atoms with Crippen molar-refractivity contribution in [2.45, 2.75) is 32.3 Å². The number of rotatable bonds is 7. The molecule has 7 heteroatoms. The van der Waals surface area contributed by atoms with Crippen LogP contribution < -0.4 is 16.0 Å². The zero-order chi connectivity index (χ0) is 12.7. The van der Waals surface area contributed by atoms with E-state index in [1.165, 1.54) is 0 Å². The molecule has 0 aliphatic rings. The number of thioether (sulfide) groups is 1. The van der Waals surface area contributed by atoms with Gasteiger partial charge in [0.1, 0.15) is 0 Å². The first-order valence-corrected chi connectivity index (χ1v) is 6.62. The number of hydrazine groups is 1. The van der Waals surface area contributed by atoms with E-state index in [1.54, 1.807) is 11.8 Å². The highest BCUT2D eigenvalue weighted by atomic mass is 32.2. The topological polar surface area (TPSA) is 86.0 Å². The van der Waals surface area contributed by atoms with Gasteiger partial charge in [-0.3, -0.25) is 5.43 Å². The molecule has 1 aromatic rings. The van der Waals surface area contributed by atoms with Crippen LogP contribution in [0.5, 0.6) is 6.01 Å². The summed E-state index contributed by atoms with van der Waals surface area (Å²) in [5.74, 6) is 7.26. The zero-order valence-corrected chi connectivity index (χ0v) is 11.3. The molecule has 1 rings (SSSR count). The van der Waals surface area contributed by atoms with Crippen LogP contribution in [0.25, 0.3) is 0 Å². The summed E-state index contributed by atoms with van der Waals surface area (Å²) in [4.78, 5) is 12.3. The zero-order valence-electron chi connectivity index (χ0n) is 10.4. The van der Waals surface area contributed by atoms with Crippen LogP contribution >= 0.6 is 11.8 Å². The maximum absolute atomic E-state index is 5.29. The van der Waals surface area contributed by atoms with Gasteiger partial charge in [-0.25, -0.2) is 5.84 Å². The third-order valence-electron chi connectivity index (χ3n) is 1.92. The van der Waals surface area contributed by atoms with E-state index in [9.17, 15) is 0 Å². The fourth-order valence-corrected chi connectivity index (χ4v) is 2.11. The number of anilines is 1. The lowest BCUT2D eigenvalue weighted by atomic mass is 10.2. The molecule has 0 aliphatic carbocycles. The Hall–Kier alpha value is -1.08. The van der Waals surface area contributed by atoms with E-state index in [-0.39, 0.29) is 0 Å². The molecule has 0 radical (unpaired) electrons. The molecule has 6 nitrogen and oxygen atoms in total. The quantitative estimate of drug-likeness (QED) is 0.436. The third-order valence-corrected chi connectivity index (χ3v) is 2.80. The molecule has 96 valence electrons. The van der Waals surface area contributed by atoms with Crippen LogP contribution in [0.1, 0.15) is 27.2 Å². The van der Waals surface area contributed by atoms with Gasteiger partial charge in [0.15, 0.2) is 5.16 Å². The van der Waals surface area contributed by atoms with Crippen molar-refractivity contribution in [3.8, 4) is 6.01 Å². The Morgan fingerprint density at radius 2 is 2.12 bits per heavy atom. The fourth-order valence-electron chi connectivity index (χ4n) is 1.05. The summed E-state index contributed by atoms with van der Waals surface area (Å²) < 4.78 is 5.25. The van der Waals surface area contributed by atoms with Crippen LogP contribution in [0.4, 0.5) is 5.95 Å². The van der Waals surface area contributed by atoms with Gasteiger partial charge in [0.05, 0.1) is 6.61 Å². The van der Waals surface area contributed by atoms with Crippen LogP contribution in [0.2, 0.25) is 0 Å². The van der Waals surface area contributed by atoms with Crippen molar-refractivity contribution in [1.29, 1.82) is 0 Å². The second-order valence-electron chi connectivity index (χ2n) is 3.83. The number of aromatic nitrogens is 3. The second kappa shape index (κ2) is 7.29. The smallest absolute Gasteiger partial charge is 0.322 e. The summed E-state index contributed by atoms with van der Waals surface area (Å²) >= 11 is 1.58. The number of hydrogen-bond donors (Lipinski definition) is 2. The normalized spacial score (nSPS) is 10.6. The average Bonchev–Trinajstić information content (AvgIpc) is 2.28. The molecule has 0 aromatic carbocycles. The second-order valence-corrected chi connectivity index (χ2v) is 4.89. The molecule has 0 bridgehead atoms. The molecule has 17 heavy (non-hydrogen) atoms. The van der Waals surface area contributed by atoms with Crippen molar-refractivity contribution in [2.24, 2.45) is 11.8 Å². The molecule has 0 saturated heterocycles. The largest absolute Gasteiger partial charge is 0.464 e. The van der Waals surface area contributed by atoms with Gasteiger partial charge in [0, 0.05) is 5.75 Å². The van der Waals surface area contributed by atoms with E-state index in [0.717, 1.165) is 12.2 Å². The summed E-state index contributed by atoms with van der Waals surface area (Å²) in [6, 6.07) is 0.308. The SMILES string of the molecule is CCOc1nc(NN)nc(SCCC(C)C)n1. The van der Waals surface area contributed by atoms with E-state index in [2.05, 4.69) is 34.2 Å². The van der Waals surface area contributed by atoms with E-state index < -0.39 is 0 Å². The van der Waals surface area contributed by atoms with Gasteiger partial charge in [-0.1, -0.05) is 25.6 Å². The van der Waals surface area contributed by atoms with Crippen LogP contribution in [0, 0.1) is 5.92 Å². The third kappa shape index (κ3) is 5.18. The summed E-state index contributed by atoms with van der Waals surface area (Å²) in [6.07, 6.45) is 1.12. The monoisotopic (exact) mass is 257 g/mol. The molecular weight excluding hydrogens is 238 g/mol. The van der Waals surface area contributed by atoms with Crippen molar-refractivity contribution in [3.63, 3.8) is 0 Å². The van der Waals surface area contributed by atoms with Gasteiger partial charge in [-0.2, -0.15) is 15.0 Å². The van der Waals surface area contributed by atoms with Crippen molar-refractivity contribution in [1.82, 2.24) is 15.0 Å². The Bertz CT molecular complexity index is 347. The minimum absolute atomic E-state index is 0.308. The van der Waals surface area contributed by atoms with Crippen LogP contribution in [-0.2, 0) is 0 Å². The van der Waals surface area contributed by atoms with Gasteiger partial charge < -0.3 is 4.74 Å². The van der Waals surface area contributed by atoms with Crippen molar-refractivity contribution in [3.05, 3.63) is 0 Å². The maximum atomic E-state index is 5.29. The molecule has 1 aromatic heterocycles. The van der Waals surface area contributed by atoms with Gasteiger partial charge in [-0.05, 0) is 19.3 Å². The van der Waals surface area contributed by atoms with Gasteiger partial charge in [0.2, 0.25) is 5.95 Å². The highest BCUT2D eigenvalue weighted by Gasteiger charge is 2.07. The highest BCUT2D eigenvalue weighted by Crippen LogP contribution is 2.19. The standard InChI is InChI=1S/C10H19N5OS/c1-4-16-9-12-8(15-11)13-10(14-9)17-6-5-7(2)3/h7H,4-6,11H2,1-3H3,(H,12,13,14,15). The average molecular weight is 257 g/mol. The van der Waals surface area contributed by atoms with E-state index in [4.69, 9.17) is 10.6 Å². The Morgan fingerprint density at radius 1 is 1.35 bits per heavy atom. The first kappa shape index (κ1) is 14.0. The molecule has 0 aliphatic heterocycles. The summed E-state index contributed by atoms with van der Waals surface area (Å²) in [7, 11) is 0. The van der Waals surface area contributed by atoms with E-state index in [1.807, 2.05) is 6.92 Å². The molecule has 0 saturated carbocycles. The molecular formula is C10H19N5OS. The first-order valence-electron chi connectivity index (χ1n) is 5.64. The van der Waals surface area contributed by atoms with Crippen molar-refractivity contribution >= 4 is 17.7 Å². The van der Waals surface area contributed by atoms with Crippen LogP contribution in [0.3, 0.4) is 0 Å². The lowest BCUT2D eigenvalue weighted by Crippen LogP contribution is -2.12. The Morgan fingerprint density at radius 3 is 2.71 bits per heavy atom. The van der Waals surface area contributed by atoms with Gasteiger partial charge in [-0.15, -0.1) is 0 Å². The molecule has 0 fully saturated rings. The maximum Gasteiger partial charge on any atom is 0.322 e. The predicted molar refractivity (Wildman–Crippen MR) is 69.0 cm³/mol. The molecule has 0 spiro atoms. The number of nitrogens with two attached hydrogens (primary N) is 1. The Balaban J connectivity index is 2.66. The molecule has 1 heterocycles. The Labute approximate surface area is 106 Å². The lowest BCUT2D eigenvalue weighted by molar-refractivity contribution is 0.308. The van der Waals surface area contributed by atoms with Crippen molar-refractivity contribution in [2.75, 3.05) is 17.8 Å². The number of ether oxygens (including phenoxy) is 1. The van der Waals surface area contributed by atoms with Crippen LogP contribution in [0.15, 0.2) is 5.16 Å². The molecule has 0 unspecified atom stereocenters. The molecule has 0 atom stereocenters. The summed E-state index contributed by atoms with van der Waals surface area (Å²) in [5, 5.41) is 0.636. The fraction of sp³-hybridized carbons (Fsp3) is 0.700. The number of nitrogens with zero attached hydrogens (tertiary/aromatic N) is 3. The molecule has 0 amide bonds. The lowest BCUT2D eigenvalue weighted by Gasteiger charge is -2.07. The number of nitrogens with one attached hydrogen (secondary N) is 1. The minimum atomic E-state index is 0.308. The van der Waals surface area contributed by atoms with Crippen LogP contribution in [-0.4, -0.2) is 27.3 Å². The number of nitrogen functional groups attached to an aromatic ring is 1. The molecule has 3 N–H and O–H groups in total. The predicted octanol–water partition coefficient (Wildman–Crippen LogP) is 1.69. The van der Waals surface area contributed by atoms with Gasteiger partial charge in [0.25, 0.3) is 0 Å². The Kier molecular flexibility index (Phi) is 5.99. The minimum Gasteiger partial charge on any atom is -0.464 e. The van der Waals surface area contributed by atoms with E-state index >= 15 is 0 Å². The summed E-state index contributed by atoms with van der Waals surface area (Å²) in [6.45, 7) is 6.77. The van der Waals surface area contributed by atoms with Crippen molar-refractivity contribution < 1.29 is 4.74 Å².